The molecule has 0 saturated carbocycles. The minimum Gasteiger partial charge on any atom is -0.374 e. The highest BCUT2D eigenvalue weighted by atomic mass is 16.5. The molecule has 0 spiro atoms. The van der Waals surface area contributed by atoms with Crippen LogP contribution in [0.4, 0.5) is 11.9 Å². The summed E-state index contributed by atoms with van der Waals surface area (Å²) in [5.74, 6) is 1.40. The van der Waals surface area contributed by atoms with Crippen molar-refractivity contribution in [3.63, 3.8) is 0 Å². The van der Waals surface area contributed by atoms with Gasteiger partial charge in [-0.05, 0) is 6.92 Å². The van der Waals surface area contributed by atoms with Gasteiger partial charge in [0.15, 0.2) is 0 Å². The van der Waals surface area contributed by atoms with Gasteiger partial charge in [0, 0.05) is 20.6 Å². The van der Waals surface area contributed by atoms with Gasteiger partial charge in [-0.15, -0.1) is 0 Å². The van der Waals surface area contributed by atoms with Gasteiger partial charge in [0.1, 0.15) is 25.5 Å². The van der Waals surface area contributed by atoms with Crippen molar-refractivity contribution in [2.75, 3.05) is 37.9 Å². The monoisotopic (exact) mass is 271 g/mol. The molecule has 0 saturated heterocycles. The molecular formula is C11H21N5O3. The molecule has 0 fully saturated rings. The number of aliphatic hydroxyl groups excluding tert-OH is 1. The Morgan fingerprint density at radius 3 is 2.53 bits per heavy atom. The van der Waals surface area contributed by atoms with Crippen LogP contribution in [0.5, 0.6) is 0 Å². The van der Waals surface area contributed by atoms with E-state index >= 15 is 0 Å². The highest BCUT2D eigenvalue weighted by Crippen LogP contribution is 2.13. The average Bonchev–Trinajstić information content (AvgIpc) is 2.41. The second kappa shape index (κ2) is 7.82. The van der Waals surface area contributed by atoms with E-state index in [9.17, 15) is 5.11 Å². The van der Waals surface area contributed by atoms with E-state index in [0.29, 0.717) is 30.9 Å². The molecule has 0 bridgehead atoms. The van der Waals surface area contributed by atoms with Crippen LogP contribution >= 0.6 is 0 Å². The van der Waals surface area contributed by atoms with Crippen LogP contribution in [0.1, 0.15) is 19.7 Å². The van der Waals surface area contributed by atoms with Crippen LogP contribution in [0.2, 0.25) is 0 Å². The fourth-order valence-corrected chi connectivity index (χ4v) is 1.38. The van der Waals surface area contributed by atoms with Crippen LogP contribution < -0.4 is 10.2 Å². The molecular weight excluding hydrogens is 250 g/mol. The molecule has 19 heavy (non-hydrogen) atoms. The first kappa shape index (κ1) is 15.5. The minimum atomic E-state index is -0.762. The molecule has 1 aromatic rings. The molecule has 0 amide bonds. The first-order valence-electron chi connectivity index (χ1n) is 6.03. The zero-order valence-electron chi connectivity index (χ0n) is 11.8. The third kappa shape index (κ3) is 4.58. The zero-order chi connectivity index (χ0) is 14.3. The summed E-state index contributed by atoms with van der Waals surface area (Å²) in [7, 11) is 3.12. The minimum absolute atomic E-state index is 0.189. The fourth-order valence-electron chi connectivity index (χ4n) is 1.38. The number of hydrogen-bond donors (Lipinski definition) is 2. The Kier molecular flexibility index (Phi) is 6.40. The quantitative estimate of drug-likeness (QED) is 0.648. The predicted molar refractivity (Wildman–Crippen MR) is 70.7 cm³/mol. The molecule has 0 aliphatic heterocycles. The van der Waals surface area contributed by atoms with Crippen LogP contribution in [-0.2, 0) is 15.9 Å². The van der Waals surface area contributed by atoms with E-state index in [2.05, 4.69) is 20.3 Å². The number of hydrogen-bond acceptors (Lipinski definition) is 8. The van der Waals surface area contributed by atoms with Crippen molar-refractivity contribution in [2.45, 2.75) is 26.5 Å². The molecule has 0 radical (unpaired) electrons. The van der Waals surface area contributed by atoms with Crippen molar-refractivity contribution in [2.24, 2.45) is 0 Å². The van der Waals surface area contributed by atoms with Crippen LogP contribution in [-0.4, -0.2) is 54.0 Å². The molecule has 1 unspecified atom stereocenters. The van der Waals surface area contributed by atoms with Crippen LogP contribution in [0.25, 0.3) is 0 Å². The lowest BCUT2D eigenvalue weighted by Crippen LogP contribution is -2.36. The molecule has 1 rings (SSSR count). The lowest BCUT2D eigenvalue weighted by Gasteiger charge is -2.24. The van der Waals surface area contributed by atoms with Gasteiger partial charge in [0.05, 0.1) is 0 Å². The SMILES string of the molecule is CCc1nc(NCOC)nc(N(COC)C(C)O)n1. The van der Waals surface area contributed by atoms with E-state index in [0.717, 1.165) is 0 Å². The van der Waals surface area contributed by atoms with Gasteiger partial charge < -0.3 is 19.9 Å². The molecule has 8 heteroatoms. The van der Waals surface area contributed by atoms with Crippen molar-refractivity contribution >= 4 is 11.9 Å². The van der Waals surface area contributed by atoms with Gasteiger partial charge in [0.25, 0.3) is 0 Å². The molecule has 0 aliphatic rings. The number of methoxy groups -OCH3 is 2. The fraction of sp³-hybridized carbons (Fsp3) is 0.727. The van der Waals surface area contributed by atoms with Crippen LogP contribution in [0.15, 0.2) is 0 Å². The number of aliphatic hydroxyl groups is 1. The average molecular weight is 271 g/mol. The number of ether oxygens (including phenoxy) is 2. The van der Waals surface area contributed by atoms with Crippen molar-refractivity contribution in [3.8, 4) is 0 Å². The number of rotatable bonds is 8. The van der Waals surface area contributed by atoms with E-state index < -0.39 is 6.23 Å². The number of aromatic nitrogens is 3. The van der Waals surface area contributed by atoms with Crippen molar-refractivity contribution in [1.82, 2.24) is 15.0 Å². The Morgan fingerprint density at radius 2 is 2.00 bits per heavy atom. The van der Waals surface area contributed by atoms with Gasteiger partial charge in [-0.2, -0.15) is 15.0 Å². The standard InChI is InChI=1S/C11H21N5O3/c1-5-9-13-10(12-6-18-3)15-11(14-9)16(7-19-4)8(2)17/h8,17H,5-7H2,1-4H3,(H,12,13,14,15). The molecule has 1 heterocycles. The van der Waals surface area contributed by atoms with Crippen molar-refractivity contribution < 1.29 is 14.6 Å². The maximum absolute atomic E-state index is 9.73. The topological polar surface area (TPSA) is 92.6 Å². The summed E-state index contributed by atoms with van der Waals surface area (Å²) in [6.45, 7) is 4.05. The second-order valence-electron chi connectivity index (χ2n) is 3.86. The van der Waals surface area contributed by atoms with Gasteiger partial charge in [-0.3, -0.25) is 4.90 Å². The first-order chi connectivity index (χ1) is 9.12. The summed E-state index contributed by atoms with van der Waals surface area (Å²) in [4.78, 5) is 14.3. The summed E-state index contributed by atoms with van der Waals surface area (Å²) in [5, 5.41) is 12.6. The summed E-state index contributed by atoms with van der Waals surface area (Å²) in [5.41, 5.74) is 0. The number of nitrogens with zero attached hydrogens (tertiary/aromatic N) is 4. The van der Waals surface area contributed by atoms with Crippen molar-refractivity contribution in [3.05, 3.63) is 5.82 Å². The molecule has 0 aromatic carbocycles. The van der Waals surface area contributed by atoms with E-state index in [1.165, 1.54) is 4.90 Å². The third-order valence-electron chi connectivity index (χ3n) is 2.34. The molecule has 8 nitrogen and oxygen atoms in total. The van der Waals surface area contributed by atoms with Crippen LogP contribution in [0.3, 0.4) is 0 Å². The number of aryl methyl sites for hydroxylation is 1. The third-order valence-corrected chi connectivity index (χ3v) is 2.34. The lowest BCUT2D eigenvalue weighted by atomic mass is 10.4. The van der Waals surface area contributed by atoms with E-state index in [-0.39, 0.29) is 6.73 Å². The summed E-state index contributed by atoms with van der Waals surface area (Å²) < 4.78 is 9.95. The van der Waals surface area contributed by atoms with E-state index in [1.54, 1.807) is 21.1 Å². The highest BCUT2D eigenvalue weighted by Gasteiger charge is 2.16. The Labute approximate surface area is 112 Å². The van der Waals surface area contributed by atoms with Gasteiger partial charge >= 0.3 is 0 Å². The Hall–Kier alpha value is -1.51. The predicted octanol–water partition coefficient (Wildman–Crippen LogP) is 0.198. The Morgan fingerprint density at radius 1 is 1.26 bits per heavy atom. The smallest absolute Gasteiger partial charge is 0.234 e. The Bertz CT molecular complexity index is 389. The number of anilines is 2. The largest absolute Gasteiger partial charge is 0.374 e. The molecule has 1 atom stereocenters. The normalized spacial score (nSPS) is 12.3. The molecule has 0 aliphatic carbocycles. The lowest BCUT2D eigenvalue weighted by molar-refractivity contribution is 0.122. The van der Waals surface area contributed by atoms with Gasteiger partial charge in [-0.25, -0.2) is 0 Å². The zero-order valence-corrected chi connectivity index (χ0v) is 11.8. The highest BCUT2D eigenvalue weighted by molar-refractivity contribution is 5.37. The summed E-state index contributed by atoms with van der Waals surface area (Å²) in [6.07, 6.45) is -0.0972. The maximum atomic E-state index is 9.73. The molecule has 2 N–H and O–H groups in total. The second-order valence-corrected chi connectivity index (χ2v) is 3.86. The van der Waals surface area contributed by atoms with Gasteiger partial charge in [0.2, 0.25) is 11.9 Å². The Balaban J connectivity index is 3.02. The van der Waals surface area contributed by atoms with Crippen molar-refractivity contribution in [1.29, 1.82) is 0 Å². The van der Waals surface area contributed by atoms with E-state index in [4.69, 9.17) is 9.47 Å². The van der Waals surface area contributed by atoms with E-state index in [1.807, 2.05) is 6.92 Å². The molecule has 108 valence electrons. The van der Waals surface area contributed by atoms with Gasteiger partial charge in [-0.1, -0.05) is 6.92 Å². The maximum Gasteiger partial charge on any atom is 0.234 e. The number of nitrogens with one attached hydrogen (secondary N) is 1. The first-order valence-corrected chi connectivity index (χ1v) is 6.03. The van der Waals surface area contributed by atoms with Crippen LogP contribution in [0, 0.1) is 0 Å². The summed E-state index contributed by atoms with van der Waals surface area (Å²) >= 11 is 0. The summed E-state index contributed by atoms with van der Waals surface area (Å²) in [6, 6.07) is 0. The molecule has 1 aromatic heterocycles.